The number of aromatic nitrogens is 2. The van der Waals surface area contributed by atoms with Crippen LogP contribution in [0, 0.1) is 0 Å². The molecular formula is C25H28ClN3O4. The lowest BCUT2D eigenvalue weighted by atomic mass is 10.0. The summed E-state index contributed by atoms with van der Waals surface area (Å²) in [6.07, 6.45) is 7.49. The Balaban J connectivity index is 1.53. The van der Waals surface area contributed by atoms with Crippen LogP contribution in [0.25, 0.3) is 22.5 Å². The van der Waals surface area contributed by atoms with Crippen LogP contribution in [0.2, 0.25) is 5.02 Å². The highest BCUT2D eigenvalue weighted by Gasteiger charge is 2.17. The summed E-state index contributed by atoms with van der Waals surface area (Å²) in [4.78, 5) is 18.6. The number of aliphatic hydroxyl groups is 1. The van der Waals surface area contributed by atoms with Crippen LogP contribution in [-0.4, -0.2) is 58.7 Å². The van der Waals surface area contributed by atoms with Gasteiger partial charge in [-0.2, -0.15) is 0 Å². The van der Waals surface area contributed by atoms with Crippen LogP contribution in [0.3, 0.4) is 0 Å². The Morgan fingerprint density at radius 1 is 1.30 bits per heavy atom. The average molecular weight is 470 g/mol. The van der Waals surface area contributed by atoms with Crippen molar-refractivity contribution in [3.8, 4) is 17.0 Å². The molecule has 1 aliphatic rings. The van der Waals surface area contributed by atoms with Gasteiger partial charge in [0, 0.05) is 37.6 Å². The number of nitrogens with zero attached hydrogens (tertiary/aromatic N) is 3. The fraction of sp³-hybridized carbons (Fsp3) is 0.360. The summed E-state index contributed by atoms with van der Waals surface area (Å²) in [5.41, 5.74) is 5.46. The number of methoxy groups -OCH3 is 1. The van der Waals surface area contributed by atoms with Gasteiger partial charge in [0.1, 0.15) is 11.4 Å². The smallest absolute Gasteiger partial charge is 0.307 e. The van der Waals surface area contributed by atoms with E-state index in [1.165, 1.54) is 5.57 Å². The number of rotatable bonds is 8. The zero-order valence-electron chi connectivity index (χ0n) is 18.9. The largest absolute Gasteiger partial charge is 0.495 e. The standard InChI is InChI=1S/C25H28ClN3O4/c1-3-33-25(31)7-10-28-8-4-17(5-9-28)18-6-11-29-15-22(27-24(29)13-18)20-14-21(26)23(32-2)12-19(20)16-30/h4,6,11-15,30H,3,5,7-10,16H2,1-2H3. The molecule has 0 spiro atoms. The zero-order chi connectivity index (χ0) is 23.4. The van der Waals surface area contributed by atoms with E-state index in [1.807, 2.05) is 23.7 Å². The Labute approximate surface area is 198 Å². The molecule has 0 bridgehead atoms. The highest BCUT2D eigenvalue weighted by molar-refractivity contribution is 6.32. The summed E-state index contributed by atoms with van der Waals surface area (Å²) in [6.45, 7) is 4.54. The van der Waals surface area contributed by atoms with Crippen molar-refractivity contribution in [2.24, 2.45) is 0 Å². The lowest BCUT2D eigenvalue weighted by Gasteiger charge is -2.26. The van der Waals surface area contributed by atoms with Crippen LogP contribution in [-0.2, 0) is 16.1 Å². The highest BCUT2D eigenvalue weighted by Crippen LogP contribution is 2.34. The molecular weight excluding hydrogens is 442 g/mol. The van der Waals surface area contributed by atoms with E-state index in [0.717, 1.165) is 42.0 Å². The molecule has 0 fully saturated rings. The number of imidazole rings is 1. The first-order valence-corrected chi connectivity index (χ1v) is 11.4. The summed E-state index contributed by atoms with van der Waals surface area (Å²) >= 11 is 6.32. The van der Waals surface area contributed by atoms with E-state index < -0.39 is 0 Å². The van der Waals surface area contributed by atoms with Gasteiger partial charge in [-0.3, -0.25) is 9.69 Å². The molecule has 0 radical (unpaired) electrons. The number of hydrogen-bond donors (Lipinski definition) is 1. The van der Waals surface area contributed by atoms with E-state index in [1.54, 1.807) is 19.2 Å². The van der Waals surface area contributed by atoms with Crippen LogP contribution >= 0.6 is 11.6 Å². The molecule has 8 heteroatoms. The van der Waals surface area contributed by atoms with E-state index in [-0.39, 0.29) is 12.6 Å². The Morgan fingerprint density at radius 3 is 2.85 bits per heavy atom. The average Bonchev–Trinajstić information content (AvgIpc) is 3.26. The second-order valence-corrected chi connectivity index (χ2v) is 8.35. The lowest BCUT2D eigenvalue weighted by Crippen LogP contribution is -2.31. The molecule has 1 aromatic carbocycles. The molecule has 7 nitrogen and oxygen atoms in total. The van der Waals surface area contributed by atoms with Crippen LogP contribution in [0.4, 0.5) is 0 Å². The first-order chi connectivity index (χ1) is 16.0. The van der Waals surface area contributed by atoms with Gasteiger partial charge in [0.15, 0.2) is 0 Å². The fourth-order valence-corrected chi connectivity index (χ4v) is 4.33. The summed E-state index contributed by atoms with van der Waals surface area (Å²) in [5, 5.41) is 10.3. The van der Waals surface area contributed by atoms with E-state index >= 15 is 0 Å². The SMILES string of the molecule is CCOC(=O)CCN1CC=C(c2ccn3cc(-c4cc(Cl)c(OC)cc4CO)nc3c2)CC1. The first-order valence-electron chi connectivity index (χ1n) is 11.1. The van der Waals surface area contributed by atoms with E-state index in [2.05, 4.69) is 23.1 Å². The predicted octanol–water partition coefficient (Wildman–Crippen LogP) is 4.20. The van der Waals surface area contributed by atoms with Gasteiger partial charge < -0.3 is 19.0 Å². The second kappa shape index (κ2) is 10.4. The van der Waals surface area contributed by atoms with Gasteiger partial charge in [0.25, 0.3) is 0 Å². The molecule has 4 rings (SSSR count). The topological polar surface area (TPSA) is 76.3 Å². The molecule has 1 aliphatic heterocycles. The van der Waals surface area contributed by atoms with E-state index in [9.17, 15) is 9.90 Å². The van der Waals surface area contributed by atoms with Crippen LogP contribution in [0.1, 0.15) is 30.9 Å². The van der Waals surface area contributed by atoms with Gasteiger partial charge >= 0.3 is 5.97 Å². The quantitative estimate of drug-likeness (QED) is 0.498. The number of halogens is 1. The summed E-state index contributed by atoms with van der Waals surface area (Å²) in [7, 11) is 1.55. The summed E-state index contributed by atoms with van der Waals surface area (Å²) < 4.78 is 12.2. The monoisotopic (exact) mass is 469 g/mol. The summed E-state index contributed by atoms with van der Waals surface area (Å²) in [6, 6.07) is 7.69. The number of pyridine rings is 1. The molecule has 0 amide bonds. The molecule has 33 heavy (non-hydrogen) atoms. The minimum absolute atomic E-state index is 0.137. The van der Waals surface area contributed by atoms with E-state index in [4.69, 9.17) is 26.1 Å². The molecule has 3 aromatic rings. The third kappa shape index (κ3) is 5.21. The van der Waals surface area contributed by atoms with Crippen molar-refractivity contribution in [1.29, 1.82) is 0 Å². The zero-order valence-corrected chi connectivity index (χ0v) is 19.6. The first kappa shape index (κ1) is 23.3. The van der Waals surface area contributed by atoms with Gasteiger partial charge in [-0.15, -0.1) is 0 Å². The molecule has 0 aliphatic carbocycles. The number of esters is 1. The van der Waals surface area contributed by atoms with Crippen molar-refractivity contribution >= 4 is 28.8 Å². The number of aliphatic hydroxyl groups excluding tert-OH is 1. The number of ether oxygens (including phenoxy) is 2. The molecule has 0 atom stereocenters. The molecule has 174 valence electrons. The Bertz CT molecular complexity index is 1190. The van der Waals surface area contributed by atoms with Crippen LogP contribution in [0.5, 0.6) is 5.75 Å². The lowest BCUT2D eigenvalue weighted by molar-refractivity contribution is -0.143. The molecule has 0 unspecified atom stereocenters. The number of fused-ring (bicyclic) bond motifs is 1. The predicted molar refractivity (Wildman–Crippen MR) is 128 cm³/mol. The maximum absolute atomic E-state index is 11.6. The van der Waals surface area contributed by atoms with Gasteiger partial charge in [0.2, 0.25) is 0 Å². The summed E-state index contributed by atoms with van der Waals surface area (Å²) in [5.74, 6) is 0.381. The number of carbonyl (C=O) groups excluding carboxylic acids is 1. The maximum atomic E-state index is 11.6. The van der Waals surface area contributed by atoms with Crippen molar-refractivity contribution in [3.05, 3.63) is 58.9 Å². The molecule has 0 saturated heterocycles. The van der Waals surface area contributed by atoms with Gasteiger partial charge in [-0.1, -0.05) is 17.7 Å². The Kier molecular flexibility index (Phi) is 7.33. The number of carbonyl (C=O) groups is 1. The third-order valence-corrected chi connectivity index (χ3v) is 6.18. The van der Waals surface area contributed by atoms with Gasteiger partial charge in [0.05, 0.1) is 37.5 Å². The third-order valence-electron chi connectivity index (χ3n) is 5.89. The van der Waals surface area contributed by atoms with Gasteiger partial charge in [-0.05, 0) is 54.3 Å². The number of hydrogen-bond acceptors (Lipinski definition) is 6. The second-order valence-electron chi connectivity index (χ2n) is 7.94. The van der Waals surface area contributed by atoms with Crippen molar-refractivity contribution in [3.63, 3.8) is 0 Å². The minimum Gasteiger partial charge on any atom is -0.495 e. The fourth-order valence-electron chi connectivity index (χ4n) is 4.09. The van der Waals surface area contributed by atoms with Crippen molar-refractivity contribution < 1.29 is 19.4 Å². The van der Waals surface area contributed by atoms with Gasteiger partial charge in [-0.25, -0.2) is 4.98 Å². The minimum atomic E-state index is -0.143. The van der Waals surface area contributed by atoms with Crippen LogP contribution < -0.4 is 4.74 Å². The Morgan fingerprint density at radius 2 is 2.15 bits per heavy atom. The van der Waals surface area contributed by atoms with E-state index in [0.29, 0.717) is 35.9 Å². The molecule has 1 N–H and O–H groups in total. The van der Waals surface area contributed by atoms with Crippen molar-refractivity contribution in [2.45, 2.75) is 26.4 Å². The Hall–Kier alpha value is -2.87. The van der Waals surface area contributed by atoms with Crippen molar-refractivity contribution in [1.82, 2.24) is 14.3 Å². The molecule has 3 heterocycles. The molecule has 2 aromatic heterocycles. The molecule has 0 saturated carbocycles. The highest BCUT2D eigenvalue weighted by atomic mass is 35.5. The van der Waals surface area contributed by atoms with Crippen molar-refractivity contribution in [2.75, 3.05) is 33.4 Å². The number of benzene rings is 1. The maximum Gasteiger partial charge on any atom is 0.307 e. The normalized spacial score (nSPS) is 14.4. The van der Waals surface area contributed by atoms with Crippen LogP contribution in [0.15, 0.2) is 42.7 Å².